The topological polar surface area (TPSA) is 16.1 Å². The van der Waals surface area contributed by atoms with Gasteiger partial charge in [-0.05, 0) is 39.2 Å². The summed E-state index contributed by atoms with van der Waals surface area (Å²) in [5.41, 5.74) is 5.22. The lowest BCUT2D eigenvalue weighted by molar-refractivity contribution is 0.646. The highest BCUT2D eigenvalue weighted by molar-refractivity contribution is 8.00. The van der Waals surface area contributed by atoms with Crippen molar-refractivity contribution in [2.24, 2.45) is 0 Å². The van der Waals surface area contributed by atoms with Gasteiger partial charge in [-0.3, -0.25) is 4.98 Å². The van der Waals surface area contributed by atoms with E-state index in [2.05, 4.69) is 53.4 Å². The molecule has 2 heterocycles. The molecule has 1 aromatic rings. The first-order chi connectivity index (χ1) is 8.82. The Kier molecular flexibility index (Phi) is 4.14. The highest BCUT2D eigenvalue weighted by Gasteiger charge is 2.30. The van der Waals surface area contributed by atoms with Crippen molar-refractivity contribution in [3.05, 3.63) is 17.0 Å². The molecule has 2 nitrogen and oxygen atoms in total. The smallest absolute Gasteiger partial charge is 0.0731 e. The maximum absolute atomic E-state index is 4.89. The van der Waals surface area contributed by atoms with Crippen LogP contribution in [0.1, 0.15) is 57.5 Å². The van der Waals surface area contributed by atoms with Crippen LogP contribution < -0.4 is 4.90 Å². The molecule has 0 radical (unpaired) electrons. The Bertz CT molecular complexity index is 480. The highest BCUT2D eigenvalue weighted by atomic mass is 32.2. The van der Waals surface area contributed by atoms with E-state index >= 15 is 0 Å². The number of nitrogens with zero attached hydrogens (tertiary/aromatic N) is 2. The first-order valence-electron chi connectivity index (χ1n) is 7.27. The number of aryl methyl sites for hydroxylation is 1. The molecule has 19 heavy (non-hydrogen) atoms. The summed E-state index contributed by atoms with van der Waals surface area (Å²) in [6.45, 7) is 16.9. The van der Waals surface area contributed by atoms with Crippen LogP contribution in [-0.2, 0) is 0 Å². The molecular formula is C16H26N2S. The molecule has 0 unspecified atom stereocenters. The van der Waals surface area contributed by atoms with Crippen molar-refractivity contribution in [1.82, 2.24) is 4.98 Å². The third-order valence-electron chi connectivity index (χ3n) is 3.86. The van der Waals surface area contributed by atoms with Gasteiger partial charge < -0.3 is 4.90 Å². The van der Waals surface area contributed by atoms with Crippen molar-refractivity contribution in [2.75, 3.05) is 11.4 Å². The lowest BCUT2D eigenvalue weighted by Crippen LogP contribution is -2.40. The zero-order valence-corrected chi connectivity index (χ0v) is 14.1. The molecule has 106 valence electrons. The van der Waals surface area contributed by atoms with Crippen LogP contribution in [0.5, 0.6) is 0 Å². The van der Waals surface area contributed by atoms with Gasteiger partial charge in [0.1, 0.15) is 0 Å². The molecule has 2 rings (SSSR count). The van der Waals surface area contributed by atoms with Gasteiger partial charge in [-0.15, -0.1) is 11.8 Å². The van der Waals surface area contributed by atoms with Gasteiger partial charge in [0.25, 0.3) is 0 Å². The van der Waals surface area contributed by atoms with E-state index in [-0.39, 0.29) is 0 Å². The number of anilines is 1. The van der Waals surface area contributed by atoms with Gasteiger partial charge in [-0.2, -0.15) is 0 Å². The van der Waals surface area contributed by atoms with Crippen LogP contribution in [0.4, 0.5) is 5.69 Å². The molecular weight excluding hydrogens is 252 g/mol. The fourth-order valence-corrected chi connectivity index (χ4v) is 3.97. The van der Waals surface area contributed by atoms with Gasteiger partial charge in [0.05, 0.1) is 11.4 Å². The van der Waals surface area contributed by atoms with E-state index in [1.807, 2.05) is 11.8 Å². The minimum atomic E-state index is 0.475. The van der Waals surface area contributed by atoms with Crippen LogP contribution in [0.15, 0.2) is 4.90 Å². The maximum Gasteiger partial charge on any atom is 0.0731 e. The summed E-state index contributed by atoms with van der Waals surface area (Å²) in [5.74, 6) is 0.475. The second-order valence-electron chi connectivity index (χ2n) is 6.21. The molecule has 0 saturated carbocycles. The van der Waals surface area contributed by atoms with E-state index in [1.54, 1.807) is 0 Å². The summed E-state index contributed by atoms with van der Waals surface area (Å²) in [7, 11) is 0. The summed E-state index contributed by atoms with van der Waals surface area (Å²) >= 11 is 2.02. The Balaban J connectivity index is 2.68. The average molecular weight is 278 g/mol. The number of thioether (sulfide) groups is 1. The Morgan fingerprint density at radius 3 is 2.37 bits per heavy atom. The first kappa shape index (κ1) is 14.7. The van der Waals surface area contributed by atoms with Gasteiger partial charge in [-0.1, -0.05) is 20.8 Å². The third-order valence-corrected chi connectivity index (χ3v) is 5.15. The van der Waals surface area contributed by atoms with Gasteiger partial charge in [0.2, 0.25) is 0 Å². The first-order valence-corrected chi connectivity index (χ1v) is 8.15. The Labute approximate surface area is 122 Å². The van der Waals surface area contributed by atoms with Crippen molar-refractivity contribution >= 4 is 17.4 Å². The molecule has 1 aliphatic heterocycles. The number of pyridine rings is 1. The standard InChI is InChI=1S/C16H26N2S/c1-9(2)14-15-16(12(6)13(7)17-14)19-11(5)8-18(15)10(3)4/h9-11H,8H2,1-7H3/t11-/m1/s1. The molecule has 0 N–H and O–H groups in total. The second kappa shape index (κ2) is 5.35. The van der Waals surface area contributed by atoms with E-state index in [0.29, 0.717) is 17.2 Å². The molecule has 1 aromatic heterocycles. The Morgan fingerprint density at radius 2 is 1.84 bits per heavy atom. The number of aromatic nitrogens is 1. The van der Waals surface area contributed by atoms with Crippen LogP contribution in [0, 0.1) is 13.8 Å². The lowest BCUT2D eigenvalue weighted by Gasteiger charge is -2.40. The van der Waals surface area contributed by atoms with Gasteiger partial charge >= 0.3 is 0 Å². The lowest BCUT2D eigenvalue weighted by atomic mass is 10.0. The number of fused-ring (bicyclic) bond motifs is 1. The molecule has 0 bridgehead atoms. The summed E-state index contributed by atoms with van der Waals surface area (Å²) in [6, 6.07) is 0.531. The summed E-state index contributed by atoms with van der Waals surface area (Å²) in [5, 5.41) is 0.649. The normalized spacial score (nSPS) is 19.2. The summed E-state index contributed by atoms with van der Waals surface area (Å²) < 4.78 is 0. The van der Waals surface area contributed by atoms with Gasteiger partial charge in [0.15, 0.2) is 0 Å². The van der Waals surface area contributed by atoms with Crippen LogP contribution >= 0.6 is 11.8 Å². The van der Waals surface area contributed by atoms with E-state index in [1.165, 1.54) is 27.5 Å². The fraction of sp³-hybridized carbons (Fsp3) is 0.688. The number of hydrogen-bond acceptors (Lipinski definition) is 3. The molecule has 0 aliphatic carbocycles. The largest absolute Gasteiger partial charge is 0.366 e. The second-order valence-corrected chi connectivity index (χ2v) is 7.66. The maximum atomic E-state index is 4.89. The molecule has 0 saturated heterocycles. The zero-order chi connectivity index (χ0) is 14.3. The van der Waals surface area contributed by atoms with E-state index in [9.17, 15) is 0 Å². The molecule has 0 spiro atoms. The van der Waals surface area contributed by atoms with Crippen LogP contribution in [-0.4, -0.2) is 22.8 Å². The average Bonchev–Trinajstić information content (AvgIpc) is 2.32. The molecule has 1 aliphatic rings. The molecule has 0 aromatic carbocycles. The van der Waals surface area contributed by atoms with Crippen LogP contribution in [0.25, 0.3) is 0 Å². The molecule has 1 atom stereocenters. The SMILES string of the molecule is Cc1nc(C(C)C)c2c(c1C)S[C@H](C)CN2C(C)C. The monoisotopic (exact) mass is 278 g/mol. The van der Waals surface area contributed by atoms with Crippen molar-refractivity contribution < 1.29 is 0 Å². The predicted octanol–water partition coefficient (Wildman–Crippen LogP) is 4.53. The molecule has 3 heteroatoms. The van der Waals surface area contributed by atoms with E-state index in [4.69, 9.17) is 4.98 Å². The van der Waals surface area contributed by atoms with Crippen LogP contribution in [0.3, 0.4) is 0 Å². The van der Waals surface area contributed by atoms with Crippen molar-refractivity contribution in [1.29, 1.82) is 0 Å². The Morgan fingerprint density at radius 1 is 1.21 bits per heavy atom. The zero-order valence-electron chi connectivity index (χ0n) is 13.2. The molecule has 0 amide bonds. The highest BCUT2D eigenvalue weighted by Crippen LogP contribution is 2.45. The number of rotatable bonds is 2. The Hall–Kier alpha value is -0.700. The van der Waals surface area contributed by atoms with Crippen molar-refractivity contribution in [3.8, 4) is 0 Å². The predicted molar refractivity (Wildman–Crippen MR) is 85.6 cm³/mol. The van der Waals surface area contributed by atoms with E-state index < -0.39 is 0 Å². The van der Waals surface area contributed by atoms with Gasteiger partial charge in [-0.25, -0.2) is 0 Å². The summed E-state index contributed by atoms with van der Waals surface area (Å²) in [6.07, 6.45) is 0. The minimum absolute atomic E-state index is 0.475. The number of hydrogen-bond donors (Lipinski definition) is 0. The third kappa shape index (κ3) is 2.62. The van der Waals surface area contributed by atoms with Gasteiger partial charge in [0, 0.05) is 28.4 Å². The minimum Gasteiger partial charge on any atom is -0.366 e. The van der Waals surface area contributed by atoms with Crippen molar-refractivity contribution in [2.45, 2.75) is 70.6 Å². The van der Waals surface area contributed by atoms with E-state index in [0.717, 1.165) is 6.54 Å². The summed E-state index contributed by atoms with van der Waals surface area (Å²) in [4.78, 5) is 8.90. The van der Waals surface area contributed by atoms with Crippen LogP contribution in [0.2, 0.25) is 0 Å². The van der Waals surface area contributed by atoms with Crippen molar-refractivity contribution in [3.63, 3.8) is 0 Å². The quantitative estimate of drug-likeness (QED) is 0.790. The fourth-order valence-electron chi connectivity index (χ4n) is 2.68. The molecule has 0 fully saturated rings.